The van der Waals surface area contributed by atoms with Gasteiger partial charge in [0.15, 0.2) is 0 Å². The Morgan fingerprint density at radius 3 is 2.76 bits per heavy atom. The minimum Gasteiger partial charge on any atom is -0.329 e. The van der Waals surface area contributed by atoms with Crippen molar-refractivity contribution < 1.29 is 0 Å². The van der Waals surface area contributed by atoms with Gasteiger partial charge in [0.25, 0.3) is 0 Å². The number of benzene rings is 1. The number of piperidine rings is 1. The quantitative estimate of drug-likeness (QED) is 0.863. The van der Waals surface area contributed by atoms with E-state index in [9.17, 15) is 0 Å². The first-order valence-corrected chi connectivity index (χ1v) is 6.91. The summed E-state index contributed by atoms with van der Waals surface area (Å²) < 4.78 is 0. The number of likely N-dealkylation sites (tertiary alicyclic amines) is 1. The number of rotatable bonds is 3. The Balaban J connectivity index is 1.67. The highest BCUT2D eigenvalue weighted by atomic mass is 15.2. The molecule has 0 bridgehead atoms. The van der Waals surface area contributed by atoms with Crippen LogP contribution in [0.3, 0.4) is 0 Å². The van der Waals surface area contributed by atoms with Crippen molar-refractivity contribution in [3.8, 4) is 0 Å². The van der Waals surface area contributed by atoms with Crippen LogP contribution in [0.25, 0.3) is 0 Å². The molecule has 0 radical (unpaired) electrons. The van der Waals surface area contributed by atoms with E-state index in [1.165, 1.54) is 37.8 Å². The zero-order chi connectivity index (χ0) is 11.7. The van der Waals surface area contributed by atoms with Crippen LogP contribution in [0.15, 0.2) is 30.3 Å². The van der Waals surface area contributed by atoms with Gasteiger partial charge in [-0.15, -0.1) is 0 Å². The van der Waals surface area contributed by atoms with E-state index in [1.807, 2.05) is 0 Å². The molecule has 1 aliphatic carbocycles. The molecule has 0 spiro atoms. The lowest BCUT2D eigenvalue weighted by molar-refractivity contribution is 0.141. The van der Waals surface area contributed by atoms with Crippen molar-refractivity contribution in [2.45, 2.75) is 43.7 Å². The smallest absolute Gasteiger partial charge is 0.0221 e. The second-order valence-corrected chi connectivity index (χ2v) is 5.44. The maximum Gasteiger partial charge on any atom is 0.0221 e. The number of hydrogen-bond donors (Lipinski definition) is 1. The predicted octanol–water partition coefficient (Wildman–Crippen LogP) is 2.36. The first-order chi connectivity index (χ1) is 8.40. The Kier molecular flexibility index (Phi) is 3.17. The molecule has 0 aromatic heterocycles. The Hall–Kier alpha value is -0.860. The van der Waals surface area contributed by atoms with Gasteiger partial charge < -0.3 is 5.73 Å². The summed E-state index contributed by atoms with van der Waals surface area (Å²) in [5, 5.41) is 0. The standard InChI is InChI=1S/C15H22N2/c16-11-13-8-4-5-9-17(13)15-10-14(15)12-6-2-1-3-7-12/h1-3,6-7,13-15H,4-5,8-11,16H2. The molecule has 0 amide bonds. The second-order valence-electron chi connectivity index (χ2n) is 5.44. The Bertz CT molecular complexity index is 362. The molecular weight excluding hydrogens is 208 g/mol. The summed E-state index contributed by atoms with van der Waals surface area (Å²) in [6.07, 6.45) is 5.35. The molecule has 2 N–H and O–H groups in total. The summed E-state index contributed by atoms with van der Waals surface area (Å²) in [7, 11) is 0. The van der Waals surface area contributed by atoms with Gasteiger partial charge in [-0.25, -0.2) is 0 Å². The first kappa shape index (κ1) is 11.2. The molecule has 2 nitrogen and oxygen atoms in total. The fraction of sp³-hybridized carbons (Fsp3) is 0.600. The third-order valence-electron chi connectivity index (χ3n) is 4.36. The van der Waals surface area contributed by atoms with Crippen LogP contribution >= 0.6 is 0 Å². The molecule has 3 rings (SSSR count). The molecule has 2 heteroatoms. The van der Waals surface area contributed by atoms with E-state index in [1.54, 1.807) is 0 Å². The highest BCUT2D eigenvalue weighted by Gasteiger charge is 2.44. The van der Waals surface area contributed by atoms with Gasteiger partial charge in [-0.2, -0.15) is 0 Å². The monoisotopic (exact) mass is 230 g/mol. The molecule has 2 aliphatic rings. The largest absolute Gasteiger partial charge is 0.329 e. The van der Waals surface area contributed by atoms with Crippen LogP contribution in [0, 0.1) is 0 Å². The van der Waals surface area contributed by atoms with Crippen molar-refractivity contribution >= 4 is 0 Å². The Labute approximate surface area is 104 Å². The second kappa shape index (κ2) is 4.79. The van der Waals surface area contributed by atoms with Crippen LogP contribution in [0.1, 0.15) is 37.2 Å². The van der Waals surface area contributed by atoms with Gasteiger partial charge in [-0.3, -0.25) is 4.90 Å². The fourth-order valence-corrected chi connectivity index (χ4v) is 3.32. The van der Waals surface area contributed by atoms with E-state index in [0.29, 0.717) is 6.04 Å². The molecule has 92 valence electrons. The zero-order valence-corrected chi connectivity index (χ0v) is 10.4. The summed E-state index contributed by atoms with van der Waals surface area (Å²) in [6, 6.07) is 12.4. The lowest BCUT2D eigenvalue weighted by atomic mass is 10.0. The average Bonchev–Trinajstić information content (AvgIpc) is 3.20. The molecule has 1 heterocycles. The summed E-state index contributed by atoms with van der Waals surface area (Å²) >= 11 is 0. The minimum atomic E-state index is 0.641. The van der Waals surface area contributed by atoms with E-state index < -0.39 is 0 Å². The van der Waals surface area contributed by atoms with Gasteiger partial charge in [-0.1, -0.05) is 36.8 Å². The molecule has 1 saturated heterocycles. The topological polar surface area (TPSA) is 29.3 Å². The van der Waals surface area contributed by atoms with Gasteiger partial charge in [0.1, 0.15) is 0 Å². The third kappa shape index (κ3) is 2.24. The lowest BCUT2D eigenvalue weighted by Gasteiger charge is -2.35. The van der Waals surface area contributed by atoms with Gasteiger partial charge in [0.2, 0.25) is 0 Å². The number of hydrogen-bond acceptors (Lipinski definition) is 2. The van der Waals surface area contributed by atoms with Crippen molar-refractivity contribution in [3.05, 3.63) is 35.9 Å². The Morgan fingerprint density at radius 1 is 1.18 bits per heavy atom. The summed E-state index contributed by atoms with van der Waals surface area (Å²) in [5.74, 6) is 0.767. The van der Waals surface area contributed by atoms with Crippen molar-refractivity contribution in [1.82, 2.24) is 4.90 Å². The normalized spacial score (nSPS) is 33.6. The molecule has 17 heavy (non-hydrogen) atoms. The van der Waals surface area contributed by atoms with E-state index in [4.69, 9.17) is 5.73 Å². The maximum absolute atomic E-state index is 5.90. The molecule has 2 fully saturated rings. The zero-order valence-electron chi connectivity index (χ0n) is 10.4. The van der Waals surface area contributed by atoms with Gasteiger partial charge >= 0.3 is 0 Å². The van der Waals surface area contributed by atoms with Crippen LogP contribution in [0.2, 0.25) is 0 Å². The summed E-state index contributed by atoms with van der Waals surface area (Å²) in [5.41, 5.74) is 7.41. The van der Waals surface area contributed by atoms with Crippen LogP contribution < -0.4 is 5.73 Å². The molecular formula is C15H22N2. The maximum atomic E-state index is 5.90. The average molecular weight is 230 g/mol. The van der Waals surface area contributed by atoms with E-state index in [2.05, 4.69) is 35.2 Å². The van der Waals surface area contributed by atoms with Crippen molar-refractivity contribution in [1.29, 1.82) is 0 Å². The highest BCUT2D eigenvalue weighted by molar-refractivity contribution is 5.28. The van der Waals surface area contributed by atoms with Crippen molar-refractivity contribution in [3.63, 3.8) is 0 Å². The van der Waals surface area contributed by atoms with Gasteiger partial charge in [-0.05, 0) is 31.4 Å². The van der Waals surface area contributed by atoms with Crippen LogP contribution in [0.4, 0.5) is 0 Å². The molecule has 1 aromatic rings. The van der Waals surface area contributed by atoms with Crippen LogP contribution in [-0.2, 0) is 0 Å². The highest BCUT2D eigenvalue weighted by Crippen LogP contribution is 2.46. The third-order valence-corrected chi connectivity index (χ3v) is 4.36. The van der Waals surface area contributed by atoms with Crippen molar-refractivity contribution in [2.24, 2.45) is 5.73 Å². The molecule has 1 aromatic carbocycles. The predicted molar refractivity (Wildman–Crippen MR) is 71.0 cm³/mol. The lowest BCUT2D eigenvalue weighted by Crippen LogP contribution is -2.45. The van der Waals surface area contributed by atoms with E-state index in [-0.39, 0.29) is 0 Å². The molecule has 1 aliphatic heterocycles. The fourth-order valence-electron chi connectivity index (χ4n) is 3.32. The van der Waals surface area contributed by atoms with Crippen LogP contribution in [-0.4, -0.2) is 30.1 Å². The summed E-state index contributed by atoms with van der Waals surface area (Å²) in [4.78, 5) is 2.68. The van der Waals surface area contributed by atoms with Crippen LogP contribution in [0.5, 0.6) is 0 Å². The minimum absolute atomic E-state index is 0.641. The first-order valence-electron chi connectivity index (χ1n) is 6.91. The molecule has 1 saturated carbocycles. The van der Waals surface area contributed by atoms with Gasteiger partial charge in [0, 0.05) is 24.5 Å². The molecule has 3 unspecified atom stereocenters. The summed E-state index contributed by atoms with van der Waals surface area (Å²) in [6.45, 7) is 2.09. The Morgan fingerprint density at radius 2 is 2.00 bits per heavy atom. The number of nitrogens with two attached hydrogens (primary N) is 1. The van der Waals surface area contributed by atoms with E-state index in [0.717, 1.165) is 18.5 Å². The number of nitrogens with zero attached hydrogens (tertiary/aromatic N) is 1. The van der Waals surface area contributed by atoms with Gasteiger partial charge in [0.05, 0.1) is 0 Å². The van der Waals surface area contributed by atoms with E-state index >= 15 is 0 Å². The SMILES string of the molecule is NCC1CCCCN1C1CC1c1ccccc1. The molecule has 3 atom stereocenters. The van der Waals surface area contributed by atoms with Crippen molar-refractivity contribution in [2.75, 3.05) is 13.1 Å².